The summed E-state index contributed by atoms with van der Waals surface area (Å²) in [5, 5.41) is 2.47. The lowest BCUT2D eigenvalue weighted by atomic mass is 10.1. The van der Waals surface area contributed by atoms with Crippen molar-refractivity contribution < 1.29 is 22.7 Å². The summed E-state index contributed by atoms with van der Waals surface area (Å²) < 4.78 is 45.4. The molecule has 2 aromatic carbocycles. The number of hydrogen-bond acceptors (Lipinski definition) is 4. The molecule has 0 spiro atoms. The van der Waals surface area contributed by atoms with Gasteiger partial charge in [0.25, 0.3) is 0 Å². The van der Waals surface area contributed by atoms with Crippen LogP contribution in [-0.2, 0) is 17.5 Å². The predicted molar refractivity (Wildman–Crippen MR) is 119 cm³/mol. The zero-order valence-corrected chi connectivity index (χ0v) is 18.4. The van der Waals surface area contributed by atoms with Crippen molar-refractivity contribution in [3.63, 3.8) is 0 Å². The molecule has 9 heteroatoms. The average molecular weight is 451 g/mol. The molecule has 0 bridgehead atoms. The number of hydrogen-bond donors (Lipinski definition) is 1. The van der Waals surface area contributed by atoms with Gasteiger partial charge < -0.3 is 19.9 Å². The number of amides is 2. The van der Waals surface area contributed by atoms with Crippen LogP contribution in [0.3, 0.4) is 0 Å². The summed E-state index contributed by atoms with van der Waals surface area (Å²) in [6, 6.07) is 12.2. The molecule has 3 rings (SSSR count). The van der Waals surface area contributed by atoms with Crippen LogP contribution >= 0.6 is 0 Å². The highest BCUT2D eigenvalue weighted by atomic mass is 19.4. The van der Waals surface area contributed by atoms with Gasteiger partial charge in [0.05, 0.1) is 24.5 Å². The van der Waals surface area contributed by atoms with Crippen LogP contribution in [0.5, 0.6) is 0 Å². The molecule has 0 unspecified atom stereocenters. The van der Waals surface area contributed by atoms with E-state index in [1.165, 1.54) is 18.2 Å². The van der Waals surface area contributed by atoms with Gasteiger partial charge in [0.2, 0.25) is 0 Å². The lowest BCUT2D eigenvalue weighted by Crippen LogP contribution is -2.44. The van der Waals surface area contributed by atoms with Crippen LogP contribution in [0.1, 0.15) is 11.1 Å². The van der Waals surface area contributed by atoms with Crippen LogP contribution in [-0.4, -0.2) is 69.3 Å². The molecule has 1 fully saturated rings. The Morgan fingerprint density at radius 3 is 2.34 bits per heavy atom. The summed E-state index contributed by atoms with van der Waals surface area (Å²) in [5.41, 5.74) is 0.815. The fourth-order valence-corrected chi connectivity index (χ4v) is 3.49. The predicted octanol–water partition coefficient (Wildman–Crippen LogP) is 4.14. The summed E-state index contributed by atoms with van der Waals surface area (Å²) in [5.74, 6) is 0. The molecular weight excluding hydrogens is 421 g/mol. The highest BCUT2D eigenvalue weighted by Gasteiger charge is 2.34. The quantitative estimate of drug-likeness (QED) is 0.689. The number of benzene rings is 2. The van der Waals surface area contributed by atoms with Crippen molar-refractivity contribution in [1.82, 2.24) is 9.80 Å². The first kappa shape index (κ1) is 23.9. The summed E-state index contributed by atoms with van der Waals surface area (Å²) in [6.45, 7) is 4.10. The maximum Gasteiger partial charge on any atom is 0.418 e. The monoisotopic (exact) mass is 450 g/mol. The molecule has 0 saturated carbocycles. The number of nitrogens with zero attached hydrogens (tertiary/aromatic N) is 3. The maximum absolute atomic E-state index is 13.4. The molecule has 1 aliphatic rings. The van der Waals surface area contributed by atoms with E-state index < -0.39 is 17.8 Å². The van der Waals surface area contributed by atoms with Crippen molar-refractivity contribution in [3.05, 3.63) is 59.7 Å². The summed E-state index contributed by atoms with van der Waals surface area (Å²) in [7, 11) is 3.88. The van der Waals surface area contributed by atoms with Crippen LogP contribution in [0.15, 0.2) is 48.5 Å². The highest BCUT2D eigenvalue weighted by Crippen LogP contribution is 2.34. The molecule has 0 radical (unpaired) electrons. The third kappa shape index (κ3) is 6.61. The van der Waals surface area contributed by atoms with Crippen molar-refractivity contribution in [3.8, 4) is 0 Å². The molecule has 1 saturated heterocycles. The Labute approximate surface area is 186 Å². The van der Waals surface area contributed by atoms with Gasteiger partial charge in [-0.25, -0.2) is 4.79 Å². The van der Waals surface area contributed by atoms with Crippen molar-refractivity contribution >= 4 is 17.4 Å². The first-order valence-corrected chi connectivity index (χ1v) is 10.5. The van der Waals surface area contributed by atoms with E-state index in [0.717, 1.165) is 30.4 Å². The number of ether oxygens (including phenoxy) is 1. The van der Waals surface area contributed by atoms with Gasteiger partial charge in [0.1, 0.15) is 0 Å². The van der Waals surface area contributed by atoms with Crippen LogP contribution in [0.25, 0.3) is 0 Å². The summed E-state index contributed by atoms with van der Waals surface area (Å²) in [6.07, 6.45) is -4.55. The number of carbonyl (C=O) groups is 1. The van der Waals surface area contributed by atoms with Gasteiger partial charge >= 0.3 is 12.2 Å². The van der Waals surface area contributed by atoms with Crippen molar-refractivity contribution in [2.24, 2.45) is 0 Å². The molecule has 1 heterocycles. The lowest BCUT2D eigenvalue weighted by molar-refractivity contribution is -0.136. The van der Waals surface area contributed by atoms with E-state index in [1.54, 1.807) is 4.90 Å². The number of morpholine rings is 1. The van der Waals surface area contributed by atoms with E-state index in [4.69, 9.17) is 4.74 Å². The first-order chi connectivity index (χ1) is 15.2. The molecular formula is C23H29F3N4O2. The maximum atomic E-state index is 13.4. The number of urea groups is 1. The zero-order valence-electron chi connectivity index (χ0n) is 18.4. The van der Waals surface area contributed by atoms with Crippen LogP contribution < -0.4 is 10.2 Å². The summed E-state index contributed by atoms with van der Waals surface area (Å²) in [4.78, 5) is 18.7. The Kier molecular flexibility index (Phi) is 7.98. The Morgan fingerprint density at radius 1 is 1.06 bits per heavy atom. The Morgan fingerprint density at radius 2 is 1.72 bits per heavy atom. The molecule has 2 amide bonds. The SMILES string of the molecule is CN(C)c1ccc(CN(CCN2CCOCC2)C(=O)Nc2ccccc2C(F)(F)F)cc1. The number of para-hydroxylation sites is 1. The Hall–Kier alpha value is -2.78. The third-order valence-electron chi connectivity index (χ3n) is 5.38. The molecule has 0 aliphatic carbocycles. The average Bonchev–Trinajstić information content (AvgIpc) is 2.77. The van der Waals surface area contributed by atoms with E-state index in [0.29, 0.717) is 26.3 Å². The molecule has 1 aliphatic heterocycles. The molecule has 6 nitrogen and oxygen atoms in total. The largest absolute Gasteiger partial charge is 0.418 e. The van der Waals surface area contributed by atoms with E-state index >= 15 is 0 Å². The minimum absolute atomic E-state index is 0.246. The van der Waals surface area contributed by atoms with Gasteiger partial charge in [-0.3, -0.25) is 4.90 Å². The second-order valence-corrected chi connectivity index (χ2v) is 7.91. The smallest absolute Gasteiger partial charge is 0.379 e. The van der Waals surface area contributed by atoms with E-state index in [1.807, 2.05) is 43.3 Å². The van der Waals surface area contributed by atoms with Crippen LogP contribution in [0, 0.1) is 0 Å². The fourth-order valence-electron chi connectivity index (χ4n) is 3.49. The normalized spacial score (nSPS) is 14.8. The minimum Gasteiger partial charge on any atom is -0.379 e. The third-order valence-corrected chi connectivity index (χ3v) is 5.38. The Bertz CT molecular complexity index is 882. The molecule has 174 valence electrons. The van der Waals surface area contributed by atoms with Gasteiger partial charge in [-0.15, -0.1) is 0 Å². The van der Waals surface area contributed by atoms with Gasteiger partial charge in [-0.2, -0.15) is 13.2 Å². The standard InChI is InChI=1S/C23H29F3N4O2/c1-28(2)19-9-7-18(8-10-19)17-30(12-11-29-13-15-32-16-14-29)22(31)27-21-6-4-3-5-20(21)23(24,25)26/h3-10H,11-17H2,1-2H3,(H,27,31). The van der Waals surface area contributed by atoms with E-state index in [-0.39, 0.29) is 12.2 Å². The molecule has 1 N–H and O–H groups in total. The topological polar surface area (TPSA) is 48.1 Å². The van der Waals surface area contributed by atoms with Gasteiger partial charge in [0.15, 0.2) is 0 Å². The van der Waals surface area contributed by atoms with Crippen molar-refractivity contribution in [1.29, 1.82) is 0 Å². The number of alkyl halides is 3. The van der Waals surface area contributed by atoms with Crippen molar-refractivity contribution in [2.45, 2.75) is 12.7 Å². The minimum atomic E-state index is -4.55. The highest BCUT2D eigenvalue weighted by molar-refractivity contribution is 5.90. The number of nitrogens with one attached hydrogen (secondary N) is 1. The number of rotatable bonds is 7. The van der Waals surface area contributed by atoms with Crippen LogP contribution in [0.2, 0.25) is 0 Å². The van der Waals surface area contributed by atoms with E-state index in [9.17, 15) is 18.0 Å². The first-order valence-electron chi connectivity index (χ1n) is 10.5. The number of halogens is 3. The van der Waals surface area contributed by atoms with Crippen molar-refractivity contribution in [2.75, 3.05) is 63.7 Å². The second-order valence-electron chi connectivity index (χ2n) is 7.91. The molecule has 32 heavy (non-hydrogen) atoms. The Balaban J connectivity index is 1.75. The second kappa shape index (κ2) is 10.7. The molecule has 0 atom stereocenters. The number of anilines is 2. The molecule has 0 aromatic heterocycles. The molecule has 2 aromatic rings. The lowest BCUT2D eigenvalue weighted by Gasteiger charge is -2.30. The summed E-state index contributed by atoms with van der Waals surface area (Å²) >= 11 is 0. The van der Waals surface area contributed by atoms with Crippen LogP contribution in [0.4, 0.5) is 29.3 Å². The fraction of sp³-hybridized carbons (Fsp3) is 0.435. The van der Waals surface area contributed by atoms with Gasteiger partial charge in [-0.1, -0.05) is 24.3 Å². The number of carbonyl (C=O) groups excluding carboxylic acids is 1. The zero-order chi connectivity index (χ0) is 23.1. The van der Waals surface area contributed by atoms with Gasteiger partial charge in [-0.05, 0) is 29.8 Å². The van der Waals surface area contributed by atoms with Gasteiger partial charge in [0, 0.05) is 52.5 Å². The van der Waals surface area contributed by atoms with E-state index in [2.05, 4.69) is 10.2 Å².